The summed E-state index contributed by atoms with van der Waals surface area (Å²) in [6, 6.07) is 5.48. The van der Waals surface area contributed by atoms with Gasteiger partial charge in [0, 0.05) is 12.4 Å². The number of ether oxygens (including phenoxy) is 1. The highest BCUT2D eigenvalue weighted by molar-refractivity contribution is 7.89. The summed E-state index contributed by atoms with van der Waals surface area (Å²) in [5.41, 5.74) is 0.0686. The molecule has 10 nitrogen and oxygen atoms in total. The molecular formula is C14H11N5O5S. The summed E-state index contributed by atoms with van der Waals surface area (Å²) in [5.74, 6) is -2.04. The maximum Gasteiger partial charge on any atom is 0.339 e. The number of nitrogens with zero attached hydrogens (tertiary/aromatic N) is 4. The predicted octanol–water partition coefficient (Wildman–Crippen LogP) is -0.506. The van der Waals surface area contributed by atoms with Crippen LogP contribution in [-0.2, 0) is 19.6 Å². The number of sulfonamides is 1. The molecule has 0 bridgehead atoms. The minimum absolute atomic E-state index is 0.0686. The van der Waals surface area contributed by atoms with E-state index in [4.69, 9.17) is 4.74 Å². The van der Waals surface area contributed by atoms with Crippen LogP contribution in [0.25, 0.3) is 0 Å². The van der Waals surface area contributed by atoms with Crippen molar-refractivity contribution in [3.05, 3.63) is 48.5 Å². The molecule has 0 fully saturated rings. The lowest BCUT2D eigenvalue weighted by molar-refractivity contribution is -0.140. The van der Waals surface area contributed by atoms with Crippen molar-refractivity contribution < 1.29 is 22.7 Å². The van der Waals surface area contributed by atoms with E-state index in [0.29, 0.717) is 10.8 Å². The first kappa shape index (κ1) is 16.7. The van der Waals surface area contributed by atoms with Gasteiger partial charge in [0.05, 0.1) is 18.2 Å². The summed E-state index contributed by atoms with van der Waals surface area (Å²) in [5, 5.41) is 0.534. The Labute approximate surface area is 142 Å². The second kappa shape index (κ2) is 6.37. The van der Waals surface area contributed by atoms with Crippen molar-refractivity contribution in [3.8, 4) is 5.75 Å². The first-order chi connectivity index (χ1) is 11.9. The van der Waals surface area contributed by atoms with E-state index in [9.17, 15) is 18.0 Å². The van der Waals surface area contributed by atoms with Crippen molar-refractivity contribution in [1.29, 1.82) is 0 Å². The third-order valence-corrected chi connectivity index (χ3v) is 4.49. The van der Waals surface area contributed by atoms with Crippen LogP contribution in [0.1, 0.15) is 5.69 Å². The minimum Gasteiger partial charge on any atom is -0.497 e. The molecule has 1 N–H and O–H groups in total. The van der Waals surface area contributed by atoms with Gasteiger partial charge in [-0.25, -0.2) is 18.4 Å². The van der Waals surface area contributed by atoms with Crippen molar-refractivity contribution in [1.82, 2.24) is 19.8 Å². The Morgan fingerprint density at radius 2 is 1.84 bits per heavy atom. The van der Waals surface area contributed by atoms with Crippen LogP contribution in [0.15, 0.2) is 52.7 Å². The predicted molar refractivity (Wildman–Crippen MR) is 83.7 cm³/mol. The Kier molecular flexibility index (Phi) is 4.25. The largest absolute Gasteiger partial charge is 0.497 e. The summed E-state index contributed by atoms with van der Waals surface area (Å²) in [6.07, 6.45) is 3.95. The fraction of sp³-hybridized carbons (Fsp3) is 0.0714. The number of amides is 2. The van der Waals surface area contributed by atoms with Crippen LogP contribution in [-0.4, -0.2) is 48.2 Å². The summed E-state index contributed by atoms with van der Waals surface area (Å²) >= 11 is 0. The first-order valence-electron chi connectivity index (χ1n) is 6.82. The second-order valence-electron chi connectivity index (χ2n) is 4.74. The molecule has 0 atom stereocenters. The van der Waals surface area contributed by atoms with Gasteiger partial charge in [-0.3, -0.25) is 14.6 Å². The zero-order chi connectivity index (χ0) is 18.0. The molecule has 0 radical (unpaired) electrons. The van der Waals surface area contributed by atoms with E-state index in [1.165, 1.54) is 50.0 Å². The van der Waals surface area contributed by atoms with Crippen molar-refractivity contribution >= 4 is 27.7 Å². The average molecular weight is 361 g/mol. The number of carbonyl (C=O) groups is 2. The molecule has 0 spiro atoms. The van der Waals surface area contributed by atoms with Crippen molar-refractivity contribution in [3.63, 3.8) is 0 Å². The van der Waals surface area contributed by atoms with E-state index in [-0.39, 0.29) is 16.4 Å². The lowest BCUT2D eigenvalue weighted by atomic mass is 10.3. The lowest BCUT2D eigenvalue weighted by Gasteiger charge is -2.18. The smallest absolute Gasteiger partial charge is 0.339 e. The molecule has 0 saturated carbocycles. The SMILES string of the molecule is COc1ccc(S(=O)(=O)NN2C(=O)C(=O)N=C2c2cnccn2)cc1. The first-order valence-corrected chi connectivity index (χ1v) is 8.30. The third-order valence-electron chi connectivity index (χ3n) is 3.18. The van der Waals surface area contributed by atoms with Gasteiger partial charge in [-0.2, -0.15) is 4.99 Å². The molecule has 0 unspecified atom stereocenters. The molecule has 0 aliphatic carbocycles. The number of aromatic nitrogens is 2. The number of hydrogen-bond donors (Lipinski definition) is 1. The number of aliphatic imine (C=N–C) groups is 1. The van der Waals surface area contributed by atoms with E-state index in [1.807, 2.05) is 4.83 Å². The molecule has 3 rings (SSSR count). The zero-order valence-electron chi connectivity index (χ0n) is 12.8. The van der Waals surface area contributed by atoms with Crippen LogP contribution in [0.3, 0.4) is 0 Å². The van der Waals surface area contributed by atoms with E-state index < -0.39 is 21.8 Å². The molecule has 1 aliphatic heterocycles. The number of rotatable bonds is 5. The molecule has 0 saturated heterocycles. The number of carbonyl (C=O) groups excluding carboxylic acids is 2. The summed E-state index contributed by atoms with van der Waals surface area (Å²) in [4.78, 5) is 36.7. The van der Waals surface area contributed by atoms with Crippen molar-refractivity contribution in [2.24, 2.45) is 4.99 Å². The number of hydrazine groups is 1. The van der Waals surface area contributed by atoms with Gasteiger partial charge in [0.15, 0.2) is 5.84 Å². The van der Waals surface area contributed by atoms with E-state index in [0.717, 1.165) is 0 Å². The molecule has 1 aromatic heterocycles. The molecular weight excluding hydrogens is 350 g/mol. The lowest BCUT2D eigenvalue weighted by Crippen LogP contribution is -2.48. The minimum atomic E-state index is -4.15. The Bertz CT molecular complexity index is 957. The zero-order valence-corrected chi connectivity index (χ0v) is 13.6. The van der Waals surface area contributed by atoms with Gasteiger partial charge in [-0.05, 0) is 24.3 Å². The number of amidine groups is 1. The molecule has 2 amide bonds. The average Bonchev–Trinajstić information content (AvgIpc) is 2.90. The highest BCUT2D eigenvalue weighted by Crippen LogP contribution is 2.17. The maximum absolute atomic E-state index is 12.5. The van der Waals surface area contributed by atoms with Crippen LogP contribution in [0.4, 0.5) is 0 Å². The van der Waals surface area contributed by atoms with Crippen molar-refractivity contribution in [2.75, 3.05) is 7.11 Å². The van der Waals surface area contributed by atoms with Gasteiger partial charge in [0.25, 0.3) is 10.0 Å². The van der Waals surface area contributed by atoms with Crippen LogP contribution < -0.4 is 9.57 Å². The summed E-state index contributed by atoms with van der Waals surface area (Å²) in [6.45, 7) is 0. The molecule has 1 aromatic carbocycles. The Morgan fingerprint density at radius 1 is 1.12 bits per heavy atom. The number of hydrogen-bond acceptors (Lipinski definition) is 7. The highest BCUT2D eigenvalue weighted by atomic mass is 32.2. The fourth-order valence-electron chi connectivity index (χ4n) is 1.98. The Hall–Kier alpha value is -3.18. The van der Waals surface area contributed by atoms with Crippen LogP contribution >= 0.6 is 0 Å². The van der Waals surface area contributed by atoms with Crippen LogP contribution in [0.2, 0.25) is 0 Å². The quantitative estimate of drug-likeness (QED) is 0.710. The van der Waals surface area contributed by atoms with E-state index in [2.05, 4.69) is 15.0 Å². The molecule has 128 valence electrons. The van der Waals surface area contributed by atoms with Gasteiger partial charge in [0.2, 0.25) is 0 Å². The third kappa shape index (κ3) is 3.22. The summed E-state index contributed by atoms with van der Waals surface area (Å²) in [7, 11) is -2.70. The van der Waals surface area contributed by atoms with Gasteiger partial charge in [-0.15, -0.1) is 4.83 Å². The van der Waals surface area contributed by atoms with Gasteiger partial charge in [0.1, 0.15) is 11.4 Å². The van der Waals surface area contributed by atoms with Crippen LogP contribution in [0, 0.1) is 0 Å². The van der Waals surface area contributed by atoms with Crippen LogP contribution in [0.5, 0.6) is 5.75 Å². The summed E-state index contributed by atoms with van der Waals surface area (Å²) < 4.78 is 29.9. The standard InChI is InChI=1S/C14H11N5O5S/c1-24-9-2-4-10(5-3-9)25(22,23)18-19-12(17-13(20)14(19)21)11-8-15-6-7-16-11/h2-8,18H,1H3. The highest BCUT2D eigenvalue weighted by Gasteiger charge is 2.38. The number of benzene rings is 1. The molecule has 2 heterocycles. The Balaban J connectivity index is 1.92. The molecule has 1 aliphatic rings. The van der Waals surface area contributed by atoms with Gasteiger partial charge < -0.3 is 4.74 Å². The molecule has 25 heavy (non-hydrogen) atoms. The van der Waals surface area contributed by atoms with Crippen molar-refractivity contribution in [2.45, 2.75) is 4.90 Å². The maximum atomic E-state index is 12.5. The van der Waals surface area contributed by atoms with E-state index in [1.54, 1.807) is 0 Å². The number of methoxy groups -OCH3 is 1. The van der Waals surface area contributed by atoms with Gasteiger partial charge >= 0.3 is 11.8 Å². The topological polar surface area (TPSA) is 131 Å². The normalized spacial score (nSPS) is 14.6. The Morgan fingerprint density at radius 3 is 2.44 bits per heavy atom. The fourth-order valence-corrected chi connectivity index (χ4v) is 2.99. The number of nitrogens with one attached hydrogen (secondary N) is 1. The molecule has 2 aromatic rings. The monoisotopic (exact) mass is 361 g/mol. The van der Waals surface area contributed by atoms with E-state index >= 15 is 0 Å². The van der Waals surface area contributed by atoms with Gasteiger partial charge in [-0.1, -0.05) is 0 Å². The second-order valence-corrected chi connectivity index (χ2v) is 6.40. The molecule has 11 heteroatoms.